The molecule has 4 rings (SSSR count). The molecule has 1 aromatic heterocycles. The Hall–Kier alpha value is -4.71. The number of carbonyl (C=O) groups excluding carboxylic acids is 2. The summed E-state index contributed by atoms with van der Waals surface area (Å²) in [5, 5.41) is 14.1. The van der Waals surface area contributed by atoms with Gasteiger partial charge in [-0.25, -0.2) is 13.1 Å². The molecule has 12 heteroatoms. The number of ether oxygens (including phenoxy) is 1. The molecule has 0 aliphatic rings. The molecule has 0 spiro atoms. The van der Waals surface area contributed by atoms with Crippen molar-refractivity contribution in [3.05, 3.63) is 94.8 Å². The number of aryl methyl sites for hydroxylation is 1. The Bertz CT molecular complexity index is 1810. The van der Waals surface area contributed by atoms with Crippen LogP contribution >= 0.6 is 0 Å². The van der Waals surface area contributed by atoms with Crippen LogP contribution in [0.1, 0.15) is 72.2 Å². The Morgan fingerprint density at radius 3 is 2.16 bits per heavy atom. The maximum absolute atomic E-state index is 13.5. The topological polar surface area (TPSA) is 144 Å². The standard InChI is InChI=1S/C32H38N6O5S/c1-20-14-15-21(29(39)33-24-17-23(31(2,3)4)18-25(28(24)43-7)36-44(8,41)42)16-27(20)38-19-26(35-37-38)30(40)34-32(5,6)22-12-10-9-11-13-22/h9-19,36H,1-8H3,(H,33,39)(H,34,40). The van der Waals surface area contributed by atoms with E-state index in [-0.39, 0.29) is 28.5 Å². The third-order valence-electron chi connectivity index (χ3n) is 7.07. The fourth-order valence-corrected chi connectivity index (χ4v) is 5.15. The first kappa shape index (κ1) is 32.2. The van der Waals surface area contributed by atoms with Crippen molar-refractivity contribution < 1.29 is 22.7 Å². The van der Waals surface area contributed by atoms with E-state index in [0.29, 0.717) is 16.9 Å². The minimum absolute atomic E-state index is 0.123. The number of hydrogen-bond donors (Lipinski definition) is 3. The largest absolute Gasteiger partial charge is 0.492 e. The molecule has 0 bridgehead atoms. The highest BCUT2D eigenvalue weighted by Crippen LogP contribution is 2.39. The van der Waals surface area contributed by atoms with E-state index in [0.717, 1.165) is 22.9 Å². The van der Waals surface area contributed by atoms with Crippen LogP contribution in [0.2, 0.25) is 0 Å². The lowest BCUT2D eigenvalue weighted by molar-refractivity contribution is 0.0906. The van der Waals surface area contributed by atoms with E-state index >= 15 is 0 Å². The fourth-order valence-electron chi connectivity index (χ4n) is 4.60. The Kier molecular flexibility index (Phi) is 8.87. The van der Waals surface area contributed by atoms with Gasteiger partial charge in [-0.15, -0.1) is 5.10 Å². The summed E-state index contributed by atoms with van der Waals surface area (Å²) in [5.74, 6) is -0.668. The Labute approximate surface area is 258 Å². The maximum Gasteiger partial charge on any atom is 0.274 e. The first-order valence-electron chi connectivity index (χ1n) is 13.9. The van der Waals surface area contributed by atoms with Gasteiger partial charge >= 0.3 is 0 Å². The lowest BCUT2D eigenvalue weighted by Crippen LogP contribution is -2.41. The van der Waals surface area contributed by atoms with Crippen LogP contribution in [0.5, 0.6) is 5.75 Å². The van der Waals surface area contributed by atoms with Crippen molar-refractivity contribution in [2.45, 2.75) is 52.5 Å². The summed E-state index contributed by atoms with van der Waals surface area (Å²) >= 11 is 0. The second-order valence-electron chi connectivity index (χ2n) is 12.2. The van der Waals surface area contributed by atoms with Gasteiger partial charge in [0.2, 0.25) is 10.0 Å². The van der Waals surface area contributed by atoms with Gasteiger partial charge in [-0.3, -0.25) is 14.3 Å². The molecule has 11 nitrogen and oxygen atoms in total. The molecular weight excluding hydrogens is 580 g/mol. The molecule has 0 radical (unpaired) electrons. The number of methoxy groups -OCH3 is 1. The van der Waals surface area contributed by atoms with Crippen LogP contribution in [0.4, 0.5) is 11.4 Å². The van der Waals surface area contributed by atoms with Crippen molar-refractivity contribution in [3.8, 4) is 11.4 Å². The summed E-state index contributed by atoms with van der Waals surface area (Å²) in [5.41, 5.74) is 3.03. The van der Waals surface area contributed by atoms with Crippen LogP contribution in [-0.4, -0.2) is 48.6 Å². The van der Waals surface area contributed by atoms with Gasteiger partial charge in [-0.1, -0.05) is 62.4 Å². The number of hydrogen-bond acceptors (Lipinski definition) is 7. The van der Waals surface area contributed by atoms with Gasteiger partial charge in [0.05, 0.1) is 42.2 Å². The zero-order valence-corrected chi connectivity index (χ0v) is 27.0. The molecule has 0 aliphatic heterocycles. The molecule has 0 fully saturated rings. The summed E-state index contributed by atoms with van der Waals surface area (Å²) in [6.07, 6.45) is 2.56. The van der Waals surface area contributed by atoms with E-state index in [9.17, 15) is 18.0 Å². The van der Waals surface area contributed by atoms with Crippen molar-refractivity contribution in [3.63, 3.8) is 0 Å². The summed E-state index contributed by atoms with van der Waals surface area (Å²) < 4.78 is 33.6. The van der Waals surface area contributed by atoms with E-state index < -0.39 is 21.5 Å². The molecule has 3 N–H and O–H groups in total. The van der Waals surface area contributed by atoms with Crippen molar-refractivity contribution in [2.75, 3.05) is 23.4 Å². The number of nitrogens with one attached hydrogen (secondary N) is 3. The highest BCUT2D eigenvalue weighted by atomic mass is 32.2. The van der Waals surface area contributed by atoms with Crippen LogP contribution in [-0.2, 0) is 21.0 Å². The van der Waals surface area contributed by atoms with Crippen molar-refractivity contribution >= 4 is 33.2 Å². The predicted octanol–water partition coefficient (Wildman–Crippen LogP) is 5.17. The van der Waals surface area contributed by atoms with Gasteiger partial charge in [0.15, 0.2) is 11.4 Å². The molecule has 0 aliphatic carbocycles. The SMILES string of the molecule is COc1c(NC(=O)c2ccc(C)c(-n3cc(C(=O)NC(C)(C)c4ccccc4)nn3)c2)cc(C(C)(C)C)cc1NS(C)(=O)=O. The molecule has 1 heterocycles. The number of carbonyl (C=O) groups is 2. The maximum atomic E-state index is 13.5. The lowest BCUT2D eigenvalue weighted by atomic mass is 9.86. The number of nitrogens with zero attached hydrogens (tertiary/aromatic N) is 3. The van der Waals surface area contributed by atoms with Crippen LogP contribution in [0.25, 0.3) is 5.69 Å². The molecule has 0 saturated heterocycles. The molecule has 4 aromatic rings. The molecular formula is C32H38N6O5S. The number of anilines is 2. The molecule has 44 heavy (non-hydrogen) atoms. The molecule has 3 aromatic carbocycles. The average Bonchev–Trinajstić information content (AvgIpc) is 3.42. The van der Waals surface area contributed by atoms with Crippen LogP contribution < -0.4 is 20.1 Å². The average molecular weight is 619 g/mol. The zero-order chi connectivity index (χ0) is 32.4. The molecule has 0 unspecified atom stereocenters. The number of benzene rings is 3. The van der Waals surface area contributed by atoms with Crippen LogP contribution in [0, 0.1) is 6.92 Å². The summed E-state index contributed by atoms with van der Waals surface area (Å²) in [6, 6.07) is 18.1. The van der Waals surface area contributed by atoms with Gasteiger partial charge in [0.25, 0.3) is 11.8 Å². The predicted molar refractivity (Wildman–Crippen MR) is 171 cm³/mol. The summed E-state index contributed by atoms with van der Waals surface area (Å²) in [7, 11) is -2.22. The molecule has 0 saturated carbocycles. The minimum atomic E-state index is -3.63. The van der Waals surface area contributed by atoms with E-state index in [1.807, 2.05) is 71.9 Å². The third-order valence-corrected chi connectivity index (χ3v) is 7.66. The highest BCUT2D eigenvalue weighted by molar-refractivity contribution is 7.92. The monoisotopic (exact) mass is 618 g/mol. The summed E-state index contributed by atoms with van der Waals surface area (Å²) in [4.78, 5) is 26.6. The van der Waals surface area contributed by atoms with Gasteiger partial charge in [0.1, 0.15) is 0 Å². The van der Waals surface area contributed by atoms with Gasteiger partial charge < -0.3 is 15.4 Å². The van der Waals surface area contributed by atoms with Crippen LogP contribution in [0.3, 0.4) is 0 Å². The first-order valence-corrected chi connectivity index (χ1v) is 15.8. The quantitative estimate of drug-likeness (QED) is 0.235. The smallest absolute Gasteiger partial charge is 0.274 e. The van der Waals surface area contributed by atoms with Gasteiger partial charge in [0, 0.05) is 5.56 Å². The molecule has 232 valence electrons. The zero-order valence-electron chi connectivity index (χ0n) is 26.1. The Balaban J connectivity index is 1.62. The second kappa shape index (κ2) is 12.1. The highest BCUT2D eigenvalue weighted by Gasteiger charge is 2.26. The molecule has 0 atom stereocenters. The van der Waals surface area contributed by atoms with Crippen molar-refractivity contribution in [2.24, 2.45) is 0 Å². The molecule has 2 amide bonds. The Morgan fingerprint density at radius 1 is 0.886 bits per heavy atom. The van der Waals surface area contributed by atoms with E-state index in [1.54, 1.807) is 30.3 Å². The third kappa shape index (κ3) is 7.43. The number of sulfonamides is 1. The second-order valence-corrected chi connectivity index (χ2v) is 13.9. The van der Waals surface area contributed by atoms with E-state index in [4.69, 9.17) is 4.74 Å². The van der Waals surface area contributed by atoms with E-state index in [2.05, 4.69) is 25.7 Å². The lowest BCUT2D eigenvalue weighted by Gasteiger charge is -2.26. The van der Waals surface area contributed by atoms with Gasteiger partial charge in [-0.2, -0.15) is 0 Å². The first-order chi connectivity index (χ1) is 20.5. The van der Waals surface area contributed by atoms with E-state index in [1.165, 1.54) is 18.0 Å². The number of aromatic nitrogens is 3. The van der Waals surface area contributed by atoms with Crippen molar-refractivity contribution in [1.29, 1.82) is 0 Å². The fraction of sp³-hybridized carbons (Fsp3) is 0.312. The minimum Gasteiger partial charge on any atom is -0.492 e. The van der Waals surface area contributed by atoms with Crippen molar-refractivity contribution in [1.82, 2.24) is 20.3 Å². The Morgan fingerprint density at radius 2 is 1.55 bits per heavy atom. The normalized spacial score (nSPS) is 12.0. The van der Waals surface area contributed by atoms with Crippen LogP contribution in [0.15, 0.2) is 66.9 Å². The number of rotatable bonds is 9. The summed E-state index contributed by atoms with van der Waals surface area (Å²) in [6.45, 7) is 11.6. The van der Waals surface area contributed by atoms with Gasteiger partial charge in [-0.05, 0) is 67.1 Å². The number of amides is 2.